The molecule has 5 aromatic rings. The van der Waals surface area contributed by atoms with Gasteiger partial charge in [0, 0.05) is 54.9 Å². The predicted octanol–water partition coefficient (Wildman–Crippen LogP) is 6.71. The third kappa shape index (κ3) is 15.0. The first kappa shape index (κ1) is 76.6. The molecule has 25 nitrogen and oxygen atoms in total. The number of Topliss-reactive ketones (excluding diaryl/α,β-unsaturated/α-hetero) is 1. The average Bonchev–Trinajstić information content (AvgIpc) is 0.724. The van der Waals surface area contributed by atoms with Crippen LogP contribution in [0.3, 0.4) is 0 Å². The fourth-order valence-electron chi connectivity index (χ4n) is 14.3. The number of aryl methyl sites for hydroxylation is 1. The number of rotatable bonds is 17. The van der Waals surface area contributed by atoms with Crippen LogP contribution in [-0.4, -0.2) is 162 Å². The second kappa shape index (κ2) is 30.7. The number of amides is 2. The Balaban J connectivity index is 0.000000275. The van der Waals surface area contributed by atoms with Gasteiger partial charge in [0.1, 0.15) is 30.0 Å². The zero-order valence-electron chi connectivity index (χ0n) is 57.9. The minimum atomic E-state index is -2.39. The molecule has 2 amide bonds. The van der Waals surface area contributed by atoms with Gasteiger partial charge in [0.2, 0.25) is 17.1 Å². The SMILES string of the molecule is CC(=O)O[C@H]1C(=O)[C@@]2(C)[C@H]([C@H](OC(=O)c3ccccc3)[C@]3(O)C[C@H](OC(=O)[C@H](O)[C@@H](NC(=O)c4ccccc4)c4ccccc4)C(C)=C1C3(C)C)[C@]1(OC(C)=O)CO[C@@H]1C[C@@H]2O.CC(C)(S)[C@@H](N)C(=O)O.COc1cc2c(c(OC)c1OC)-c1ccc(OC)c(=O)cc1[C@@H](NC(C)=O)CC2. The van der Waals surface area contributed by atoms with Gasteiger partial charge in [-0.25, -0.2) is 9.59 Å². The maximum absolute atomic E-state index is 15.5. The van der Waals surface area contributed by atoms with E-state index in [4.69, 9.17) is 53.5 Å². The molecule has 0 radical (unpaired) electrons. The van der Waals surface area contributed by atoms with Crippen LogP contribution < -0.4 is 40.7 Å². The molecular weight excluding hydrogens is 1310 g/mol. The van der Waals surface area contributed by atoms with Gasteiger partial charge in [-0.05, 0) is 116 Å². The van der Waals surface area contributed by atoms with Crippen molar-refractivity contribution in [1.29, 1.82) is 0 Å². The second-order valence-electron chi connectivity index (χ2n) is 26.6. The van der Waals surface area contributed by atoms with Gasteiger partial charge in [-0.15, -0.1) is 0 Å². The monoisotopic (exact) mass is 1400 g/mol. The van der Waals surface area contributed by atoms with E-state index in [1.807, 2.05) is 12.1 Å². The van der Waals surface area contributed by atoms with Crippen LogP contribution in [0.5, 0.6) is 23.0 Å². The molecule has 1 heterocycles. The number of aliphatic hydroxyl groups excluding tert-OH is 2. The van der Waals surface area contributed by atoms with Crippen molar-refractivity contribution in [3.8, 4) is 34.1 Å². The quantitative estimate of drug-likeness (QED) is 0.0207. The number of aliphatic hydroxyl groups is 3. The van der Waals surface area contributed by atoms with E-state index in [0.29, 0.717) is 41.2 Å². The molecule has 8 N–H and O–H groups in total. The molecule has 1 saturated heterocycles. The highest BCUT2D eigenvalue weighted by atomic mass is 32.1. The number of thiol groups is 1. The molecule has 536 valence electrons. The number of aliphatic carboxylic acids is 1. The fraction of sp³-hybridized carbons (Fsp3) is 0.446. The van der Waals surface area contributed by atoms with Crippen LogP contribution in [0.4, 0.5) is 0 Å². The number of carbonyl (C=O) groups excluding carboxylic acids is 7. The number of carboxylic acid groups (broad SMARTS) is 1. The molecular formula is C74H87N3O22S. The number of esters is 4. The molecule has 4 aliphatic carbocycles. The standard InChI is InChI=1S/C47H51NO14.C22H25NO6.C5H11NO2S/c1-25-31(60-43(56)36(52)35(28-16-10-7-11-17-28)48-41(54)29-18-12-8-13-19-29)23-47(57)40(61-42(55)30-20-14-9-15-21-30)38-45(6,32(51)22-33-46(38,24-58-33)62-27(3)50)39(53)37(59-26(2)49)34(25)44(47,4)5;1-12(24)23-16-8-6-13-10-19(27-3)21(28-4)22(29-5)20(13)14-7-9-18(26-2)17(25)11-15(14)16;1-5(2,9)3(6)4(7)8/h7-21,31-33,35-38,40,51-52,57H,22-24H2,1-6H3,(H,48,54);7,9-11,16H,6,8H2,1-5H3,(H,23,24);3,9H,6H2,1-2H3,(H,7,8)/t31-,32-,33+,35-,36+,37+,38-,40-,45+,46-,47+;16-;3-/m000/s1. The first-order valence-corrected chi connectivity index (χ1v) is 32.7. The zero-order valence-corrected chi connectivity index (χ0v) is 58.8. The Morgan fingerprint density at radius 1 is 0.760 bits per heavy atom. The van der Waals surface area contributed by atoms with Crippen molar-refractivity contribution in [2.75, 3.05) is 35.0 Å². The molecule has 26 heteroatoms. The van der Waals surface area contributed by atoms with Crippen molar-refractivity contribution < 1.29 is 101 Å². The van der Waals surface area contributed by atoms with E-state index in [-0.39, 0.29) is 58.4 Å². The summed E-state index contributed by atoms with van der Waals surface area (Å²) in [6.45, 7) is 12.8. The molecule has 0 aromatic heterocycles. The topological polar surface area (TPSA) is 368 Å². The Bertz CT molecular complexity index is 4010. The van der Waals surface area contributed by atoms with E-state index in [1.54, 1.807) is 134 Å². The number of fused-ring (bicyclic) bond motifs is 8. The summed E-state index contributed by atoms with van der Waals surface area (Å²) in [6.07, 6.45) is -9.24. The molecule has 0 spiro atoms. The number of ether oxygens (including phenoxy) is 9. The number of nitrogens with two attached hydrogens (primary N) is 1. The summed E-state index contributed by atoms with van der Waals surface area (Å²) in [6, 6.07) is 28.6. The lowest BCUT2D eigenvalue weighted by Gasteiger charge is -2.67. The van der Waals surface area contributed by atoms with Crippen LogP contribution in [0.25, 0.3) is 11.1 Å². The van der Waals surface area contributed by atoms with Crippen molar-refractivity contribution in [1.82, 2.24) is 10.6 Å². The van der Waals surface area contributed by atoms with E-state index in [9.17, 15) is 53.7 Å². The lowest BCUT2D eigenvalue weighted by Crippen LogP contribution is -2.82. The first-order chi connectivity index (χ1) is 47.1. The van der Waals surface area contributed by atoms with Crippen molar-refractivity contribution in [2.24, 2.45) is 22.5 Å². The Hall–Kier alpha value is -9.18. The van der Waals surface area contributed by atoms with Crippen molar-refractivity contribution >= 4 is 60.1 Å². The van der Waals surface area contributed by atoms with E-state index in [2.05, 4.69) is 23.3 Å². The molecule has 13 atom stereocenters. The maximum atomic E-state index is 15.5. The molecule has 100 heavy (non-hydrogen) atoms. The number of hydrogen-bond donors (Lipinski definition) is 8. The van der Waals surface area contributed by atoms with Gasteiger partial charge >= 0.3 is 29.8 Å². The van der Waals surface area contributed by atoms with Crippen LogP contribution in [-0.2, 0) is 58.9 Å². The number of hydrogen-bond acceptors (Lipinski definition) is 23. The van der Waals surface area contributed by atoms with Crippen LogP contribution in [0.15, 0.2) is 131 Å². The number of carboxylic acids is 1. The highest BCUT2D eigenvalue weighted by Gasteiger charge is 2.78. The highest BCUT2D eigenvalue weighted by Crippen LogP contribution is 2.65. The van der Waals surface area contributed by atoms with Crippen LogP contribution in [0.2, 0.25) is 0 Å². The highest BCUT2D eigenvalue weighted by molar-refractivity contribution is 7.81. The van der Waals surface area contributed by atoms with Crippen LogP contribution in [0, 0.1) is 16.7 Å². The maximum Gasteiger partial charge on any atom is 0.338 e. The molecule has 10 rings (SSSR count). The number of nitrogens with one attached hydrogen (secondary N) is 2. The van der Waals surface area contributed by atoms with Gasteiger partial charge in [-0.2, -0.15) is 12.6 Å². The summed E-state index contributed by atoms with van der Waals surface area (Å²) in [4.78, 5) is 118. The van der Waals surface area contributed by atoms with Crippen molar-refractivity contribution in [3.63, 3.8) is 0 Å². The molecule has 1 aliphatic heterocycles. The lowest BCUT2D eigenvalue weighted by molar-refractivity contribution is -0.346. The summed E-state index contributed by atoms with van der Waals surface area (Å²) < 4.78 is 51.6. The van der Waals surface area contributed by atoms with Gasteiger partial charge < -0.3 is 79.4 Å². The van der Waals surface area contributed by atoms with Crippen LogP contribution >= 0.6 is 12.6 Å². The van der Waals surface area contributed by atoms with E-state index in [0.717, 1.165) is 30.5 Å². The van der Waals surface area contributed by atoms with E-state index >= 15 is 4.79 Å². The van der Waals surface area contributed by atoms with E-state index in [1.165, 1.54) is 46.1 Å². The van der Waals surface area contributed by atoms with Crippen molar-refractivity contribution in [3.05, 3.63) is 164 Å². The largest absolute Gasteiger partial charge is 0.493 e. The Morgan fingerprint density at radius 3 is 1.86 bits per heavy atom. The molecule has 3 fully saturated rings. The number of carbonyl (C=O) groups is 8. The Kier molecular flexibility index (Phi) is 23.5. The van der Waals surface area contributed by atoms with Gasteiger partial charge in [0.15, 0.2) is 40.8 Å². The normalized spacial score (nSPS) is 25.4. The van der Waals surface area contributed by atoms with E-state index < -0.39 is 129 Å². The minimum Gasteiger partial charge on any atom is -0.493 e. The number of methoxy groups -OCH3 is 4. The molecule has 5 aliphatic rings. The number of ketones is 1. The lowest BCUT2D eigenvalue weighted by atomic mass is 9.44. The minimum absolute atomic E-state index is 0.00289. The second-order valence-corrected chi connectivity index (χ2v) is 27.7. The number of benzene rings is 4. The summed E-state index contributed by atoms with van der Waals surface area (Å²) in [5, 5.41) is 51.5. The summed E-state index contributed by atoms with van der Waals surface area (Å²) in [5.74, 6) is -6.25. The Morgan fingerprint density at radius 2 is 1.35 bits per heavy atom. The third-order valence-corrected chi connectivity index (χ3v) is 19.9. The molecule has 2 bridgehead atoms. The van der Waals surface area contributed by atoms with Gasteiger partial charge in [0.25, 0.3) is 5.91 Å². The molecule has 2 saturated carbocycles. The smallest absolute Gasteiger partial charge is 0.338 e. The molecule has 5 aromatic carbocycles. The zero-order chi connectivity index (χ0) is 73.7. The predicted molar refractivity (Wildman–Crippen MR) is 366 cm³/mol. The summed E-state index contributed by atoms with van der Waals surface area (Å²) in [5.41, 5.74) is 1.21. The first-order valence-electron chi connectivity index (χ1n) is 32.3. The van der Waals surface area contributed by atoms with Gasteiger partial charge in [-0.1, -0.05) is 86.6 Å². The average molecular weight is 1400 g/mol. The van der Waals surface area contributed by atoms with Crippen molar-refractivity contribution in [2.45, 2.75) is 159 Å². The summed E-state index contributed by atoms with van der Waals surface area (Å²) >= 11 is 3.98. The Labute approximate surface area is 584 Å². The van der Waals surface area contributed by atoms with Gasteiger partial charge in [0.05, 0.1) is 70.1 Å². The van der Waals surface area contributed by atoms with Crippen LogP contribution in [0.1, 0.15) is 131 Å². The van der Waals surface area contributed by atoms with Gasteiger partial charge in [-0.3, -0.25) is 33.6 Å². The summed E-state index contributed by atoms with van der Waals surface area (Å²) in [7, 11) is 6.14. The molecule has 0 unspecified atom stereocenters. The third-order valence-electron chi connectivity index (χ3n) is 19.6. The fourth-order valence-corrected chi connectivity index (χ4v) is 14.5.